The molecule has 0 aromatic heterocycles. The number of amides is 11. The molecule has 2 aliphatic heterocycles. The van der Waals surface area contributed by atoms with Crippen LogP contribution in [0.2, 0.25) is 0 Å². The fourth-order valence-electron chi connectivity index (χ4n) is 5.93. The minimum absolute atomic E-state index is 0.00609. The smallest absolute Gasteiger partial charge is 0.244 e. The first-order valence-corrected chi connectivity index (χ1v) is 26.1. The highest BCUT2D eigenvalue weighted by Gasteiger charge is 2.35. The van der Waals surface area contributed by atoms with E-state index in [0.717, 1.165) is 10.8 Å². The van der Waals surface area contributed by atoms with Crippen LogP contribution in [-0.2, 0) is 52.7 Å². The molecule has 2 saturated heterocycles. The summed E-state index contributed by atoms with van der Waals surface area (Å²) >= 11 is 0. The molecule has 9 atom stereocenters. The molecule has 29 nitrogen and oxygen atoms in total. The summed E-state index contributed by atoms with van der Waals surface area (Å²) in [6, 6.07) is -11.6. The summed E-state index contributed by atoms with van der Waals surface area (Å²) in [5.41, 5.74) is 43.4. The van der Waals surface area contributed by atoms with Crippen molar-refractivity contribution in [2.24, 2.45) is 55.9 Å². The van der Waals surface area contributed by atoms with Crippen LogP contribution < -0.4 is 88.4 Å². The quantitative estimate of drug-likeness (QED) is 0.0166. The van der Waals surface area contributed by atoms with Crippen molar-refractivity contribution in [3.05, 3.63) is 0 Å². The van der Waals surface area contributed by atoms with Gasteiger partial charge in [-0.15, -0.1) is 0 Å². The van der Waals surface area contributed by atoms with Crippen molar-refractivity contribution in [2.45, 2.75) is 106 Å². The Labute approximate surface area is 411 Å². The Bertz CT molecular complexity index is 1940. The Morgan fingerprint density at radius 2 is 1.01 bits per heavy atom. The molecule has 2 aliphatic rings. The highest BCUT2D eigenvalue weighted by molar-refractivity contribution is 8.77. The lowest BCUT2D eigenvalue weighted by Gasteiger charge is -2.28. The van der Waals surface area contributed by atoms with E-state index in [1.54, 1.807) is 0 Å². The van der Waals surface area contributed by atoms with Crippen molar-refractivity contribution in [3.8, 4) is 0 Å². The zero-order valence-electron chi connectivity index (χ0n) is 37.5. The summed E-state index contributed by atoms with van der Waals surface area (Å²) in [7, 11) is 4.81. The molecule has 24 N–H and O–H groups in total. The van der Waals surface area contributed by atoms with Crippen molar-refractivity contribution >= 4 is 120 Å². The van der Waals surface area contributed by atoms with E-state index in [1.807, 2.05) is 0 Å². The normalized spacial score (nSPS) is 20.4. The van der Waals surface area contributed by atoms with E-state index < -0.39 is 132 Å². The van der Waals surface area contributed by atoms with Crippen LogP contribution in [0.4, 0.5) is 0 Å². The molecule has 0 saturated carbocycles. The predicted octanol–water partition coefficient (Wildman–Crippen LogP) is -8.26. The lowest BCUT2D eigenvalue weighted by atomic mass is 10.0. The predicted molar refractivity (Wildman–Crippen MR) is 260 cm³/mol. The molecular weight excluding hydrogens is 989 g/mol. The zero-order valence-corrected chi connectivity index (χ0v) is 40.8. The fourth-order valence-corrected chi connectivity index (χ4v) is 10.6. The minimum Gasteiger partial charge on any atom is -0.370 e. The van der Waals surface area contributed by atoms with Gasteiger partial charge in [0.15, 0.2) is 11.9 Å². The maximum atomic E-state index is 14.1. The van der Waals surface area contributed by atoms with Crippen molar-refractivity contribution < 1.29 is 52.7 Å². The Morgan fingerprint density at radius 3 is 1.49 bits per heavy atom. The Hall–Kier alpha value is -5.93. The molecule has 0 spiro atoms. The summed E-state index contributed by atoms with van der Waals surface area (Å²) in [6.07, 6.45) is -1.29. The fraction of sp³-hybridized carbons (Fsp3) is 0.639. The van der Waals surface area contributed by atoms with Gasteiger partial charge in [-0.05, 0) is 39.0 Å². The van der Waals surface area contributed by atoms with Crippen LogP contribution in [0.3, 0.4) is 0 Å². The lowest BCUT2D eigenvalue weighted by molar-refractivity contribution is -0.135. The molecule has 2 heterocycles. The third kappa shape index (κ3) is 22.8. The van der Waals surface area contributed by atoms with Crippen molar-refractivity contribution in [1.82, 2.24) is 42.5 Å². The molecule has 33 heteroatoms. The molecule has 2 fully saturated rings. The van der Waals surface area contributed by atoms with Crippen LogP contribution >= 0.6 is 43.2 Å². The van der Waals surface area contributed by atoms with Crippen molar-refractivity contribution in [1.29, 1.82) is 0 Å². The summed E-state index contributed by atoms with van der Waals surface area (Å²) < 4.78 is 0. The minimum atomic E-state index is -1.52. The van der Waals surface area contributed by atoms with Crippen LogP contribution in [0.25, 0.3) is 0 Å². The third-order valence-electron chi connectivity index (χ3n) is 9.64. The average molecular weight is 1050 g/mol. The van der Waals surface area contributed by atoms with E-state index >= 15 is 0 Å². The van der Waals surface area contributed by atoms with Gasteiger partial charge >= 0.3 is 0 Å². The number of rotatable bonds is 26. The zero-order chi connectivity index (χ0) is 51.8. The molecule has 2 rings (SSSR count). The van der Waals surface area contributed by atoms with Gasteiger partial charge in [0.2, 0.25) is 65.0 Å². The highest BCUT2D eigenvalue weighted by atomic mass is 33.1. The van der Waals surface area contributed by atoms with Gasteiger partial charge in [-0.3, -0.25) is 62.7 Å². The number of primary amides is 3. The van der Waals surface area contributed by atoms with E-state index in [9.17, 15) is 52.7 Å². The Balaban J connectivity index is 2.33. The number of guanidine groups is 2. The van der Waals surface area contributed by atoms with E-state index in [-0.39, 0.29) is 80.1 Å². The second kappa shape index (κ2) is 30.5. The summed E-state index contributed by atoms with van der Waals surface area (Å²) in [6.45, 7) is 1.31. The van der Waals surface area contributed by atoms with E-state index in [1.165, 1.54) is 39.3 Å². The monoisotopic (exact) mass is 1050 g/mol. The molecule has 0 unspecified atom stereocenters. The maximum Gasteiger partial charge on any atom is 0.244 e. The first kappa shape index (κ1) is 59.2. The summed E-state index contributed by atoms with van der Waals surface area (Å²) in [4.78, 5) is 150. The Kier molecular flexibility index (Phi) is 26.2. The molecular formula is C36H62N18O11S4. The van der Waals surface area contributed by atoms with Gasteiger partial charge in [0.25, 0.3) is 0 Å². The number of hydrogen-bond donors (Lipinski definition) is 16. The van der Waals surface area contributed by atoms with Gasteiger partial charge in [-0.25, -0.2) is 0 Å². The molecule has 69 heavy (non-hydrogen) atoms. The number of carbonyl (C=O) groups excluding carboxylic acids is 11. The number of nitrogens with two attached hydrogens (primary N) is 8. The first-order chi connectivity index (χ1) is 32.5. The SMILES string of the molecule is C[C@H](NC(=O)[C@H](CCC(N)=O)NC(=O)[C@H](CCCN=C(N)N)NC(=O)[C@H](CCCN=C(N)N)NC(=O)[C@@H]1CSSC[C@H](NC(=O)[C@@H](N)CC(N)=O)C(=O)N1)C(=O)N[C@H]1CSSC[C@@H](C(N)=O)NC1=O. The second-order valence-electron chi connectivity index (χ2n) is 15.4. The van der Waals surface area contributed by atoms with Crippen molar-refractivity contribution in [3.63, 3.8) is 0 Å². The number of hydrogen-bond acceptors (Lipinski definition) is 18. The molecule has 0 bridgehead atoms. The molecule has 386 valence electrons. The van der Waals surface area contributed by atoms with Gasteiger partial charge < -0.3 is 88.4 Å². The first-order valence-electron chi connectivity index (χ1n) is 21.1. The van der Waals surface area contributed by atoms with Crippen LogP contribution in [-0.4, -0.2) is 167 Å². The Morgan fingerprint density at radius 1 is 0.580 bits per heavy atom. The second-order valence-corrected chi connectivity index (χ2v) is 20.5. The summed E-state index contributed by atoms with van der Waals surface area (Å²) in [5.74, 6) is -9.24. The van der Waals surface area contributed by atoms with E-state index in [2.05, 4.69) is 52.5 Å². The van der Waals surface area contributed by atoms with Gasteiger partial charge in [0.05, 0.1) is 12.5 Å². The number of nitrogens with one attached hydrogen (secondary N) is 8. The topological polar surface area (TPSA) is 517 Å². The highest BCUT2D eigenvalue weighted by Crippen LogP contribution is 2.26. The third-order valence-corrected chi connectivity index (χ3v) is 14.5. The van der Waals surface area contributed by atoms with Crippen molar-refractivity contribution in [2.75, 3.05) is 36.1 Å². The van der Waals surface area contributed by atoms with Crippen LogP contribution in [0, 0.1) is 0 Å². The van der Waals surface area contributed by atoms with Gasteiger partial charge in [-0.1, -0.05) is 43.2 Å². The largest absolute Gasteiger partial charge is 0.370 e. The molecule has 0 aromatic carbocycles. The number of aliphatic imine (C=N–C) groups is 2. The lowest BCUT2D eigenvalue weighted by Crippen LogP contribution is -2.61. The molecule has 0 aliphatic carbocycles. The summed E-state index contributed by atoms with van der Waals surface area (Å²) in [5, 5.41) is 20.0. The number of nitrogens with zero attached hydrogens (tertiary/aromatic N) is 2. The molecule has 11 amide bonds. The molecule has 0 aromatic rings. The standard InChI is InChI=1S/C36H62N18O11S4/c1-15(27(58)52-21-12-67-66-11-20(26(40)57)51-33(21)64)47-29(60)19(6-7-24(38)55)50-31(62)17(4-2-8-45-35(41)42)48-30(61)18(5-3-9-46-36(43)44)49-32(63)23-14-69-68-13-22(34(65)54-23)53-28(59)16(37)10-25(39)56/h15-23H,2-14,37H2,1H3,(H2,38,55)(H2,39,56)(H2,40,57)(H,47,60)(H,48,61)(H,49,63)(H,50,62)(H,51,64)(H,52,58)(H,53,59)(H,54,65)(H4,41,42,45)(H4,43,44,46)/t15-,16-,17-,18-,19-,20-,21-,22-,23-/m0/s1. The van der Waals surface area contributed by atoms with Crippen LogP contribution in [0.5, 0.6) is 0 Å². The van der Waals surface area contributed by atoms with E-state index in [4.69, 9.17) is 45.9 Å². The van der Waals surface area contributed by atoms with Crippen LogP contribution in [0.1, 0.15) is 51.9 Å². The van der Waals surface area contributed by atoms with E-state index in [0.29, 0.717) is 0 Å². The number of carbonyl (C=O) groups is 11. The van der Waals surface area contributed by atoms with Gasteiger partial charge in [-0.2, -0.15) is 0 Å². The van der Waals surface area contributed by atoms with Gasteiger partial charge in [0.1, 0.15) is 48.3 Å². The van der Waals surface area contributed by atoms with Crippen LogP contribution in [0.15, 0.2) is 9.98 Å². The van der Waals surface area contributed by atoms with Gasteiger partial charge in [0, 0.05) is 42.5 Å². The molecule has 0 radical (unpaired) electrons. The average Bonchev–Trinajstić information content (AvgIpc) is 3.25. The maximum absolute atomic E-state index is 14.1.